The molecular weight excluding hydrogens is 319 g/mol. The molecule has 3 N–H and O–H groups in total. The maximum absolute atomic E-state index is 11.1. The fourth-order valence-electron chi connectivity index (χ4n) is 2.30. The molecule has 3 unspecified atom stereocenters. The molecule has 0 amide bonds. The standard InChI is InChI=1S/C17H34N2O4.Na/c1-4-6-8-15(20)12-18-10-11-19(14(3)17(22)23)13-16(21)9-7-5-2;/h4,14-16,18,20-21H,1,5-13H2,2-3H3,(H,22,23);/q;+1/p-1. The molecular formula is C17H33N2NaO4. The van der Waals surface area contributed by atoms with Crippen LogP contribution in [-0.4, -0.2) is 65.5 Å². The van der Waals surface area contributed by atoms with Crippen LogP contribution in [0.15, 0.2) is 12.7 Å². The van der Waals surface area contributed by atoms with Crippen LogP contribution in [0.25, 0.3) is 0 Å². The van der Waals surface area contributed by atoms with Crippen LogP contribution in [0.4, 0.5) is 0 Å². The maximum atomic E-state index is 11.1. The molecule has 0 heterocycles. The Labute approximate surface area is 168 Å². The van der Waals surface area contributed by atoms with E-state index in [1.165, 1.54) is 0 Å². The molecule has 0 bridgehead atoms. The predicted octanol–water partition coefficient (Wildman–Crippen LogP) is -3.10. The molecule has 0 aliphatic heterocycles. The zero-order valence-corrected chi connectivity index (χ0v) is 17.5. The number of aliphatic hydroxyl groups excluding tert-OH is 2. The van der Waals surface area contributed by atoms with Gasteiger partial charge in [-0.3, -0.25) is 4.90 Å². The number of carboxylic acid groups (broad SMARTS) is 1. The molecule has 136 valence electrons. The van der Waals surface area contributed by atoms with E-state index in [-0.39, 0.29) is 29.6 Å². The van der Waals surface area contributed by atoms with Crippen molar-refractivity contribution in [2.45, 2.75) is 64.2 Å². The first-order valence-corrected chi connectivity index (χ1v) is 8.55. The van der Waals surface area contributed by atoms with Crippen LogP contribution in [0.3, 0.4) is 0 Å². The molecule has 7 heteroatoms. The van der Waals surface area contributed by atoms with E-state index in [1.54, 1.807) is 17.9 Å². The van der Waals surface area contributed by atoms with E-state index in [0.29, 0.717) is 39.0 Å². The van der Waals surface area contributed by atoms with Gasteiger partial charge in [0.05, 0.1) is 18.2 Å². The first kappa shape index (κ1) is 26.3. The SMILES string of the molecule is C=CCCC(O)CNCCN(CC(O)CCCC)C(C)C(=O)[O-].[Na+]. The van der Waals surface area contributed by atoms with Crippen molar-refractivity contribution in [3.05, 3.63) is 12.7 Å². The summed E-state index contributed by atoms with van der Waals surface area (Å²) in [5.41, 5.74) is 0. The molecule has 0 rings (SSSR count). The minimum Gasteiger partial charge on any atom is -0.548 e. The zero-order chi connectivity index (χ0) is 17.7. The zero-order valence-electron chi connectivity index (χ0n) is 15.5. The molecule has 0 aromatic heterocycles. The van der Waals surface area contributed by atoms with E-state index in [1.807, 2.05) is 0 Å². The van der Waals surface area contributed by atoms with Gasteiger partial charge in [-0.1, -0.05) is 25.8 Å². The summed E-state index contributed by atoms with van der Waals surface area (Å²) in [5.74, 6) is -1.14. The molecule has 0 aliphatic carbocycles. The van der Waals surface area contributed by atoms with Gasteiger partial charge >= 0.3 is 29.6 Å². The van der Waals surface area contributed by atoms with Crippen LogP contribution in [0.5, 0.6) is 0 Å². The summed E-state index contributed by atoms with van der Waals surface area (Å²) in [4.78, 5) is 12.8. The normalized spacial score (nSPS) is 14.7. The van der Waals surface area contributed by atoms with Crippen molar-refractivity contribution in [3.8, 4) is 0 Å². The maximum Gasteiger partial charge on any atom is 1.00 e. The van der Waals surface area contributed by atoms with Crippen molar-refractivity contribution in [2.24, 2.45) is 0 Å². The van der Waals surface area contributed by atoms with E-state index in [9.17, 15) is 20.1 Å². The first-order valence-electron chi connectivity index (χ1n) is 8.55. The summed E-state index contributed by atoms with van der Waals surface area (Å²) in [7, 11) is 0. The fraction of sp³-hybridized carbons (Fsp3) is 0.824. The number of rotatable bonds is 15. The minimum atomic E-state index is -1.14. The number of carbonyl (C=O) groups is 1. The molecule has 0 radical (unpaired) electrons. The van der Waals surface area contributed by atoms with Crippen LogP contribution in [0.2, 0.25) is 0 Å². The van der Waals surface area contributed by atoms with Gasteiger partial charge in [0, 0.05) is 32.2 Å². The van der Waals surface area contributed by atoms with Gasteiger partial charge < -0.3 is 25.4 Å². The Bertz CT molecular complexity index is 332. The monoisotopic (exact) mass is 352 g/mol. The van der Waals surface area contributed by atoms with Crippen molar-refractivity contribution in [2.75, 3.05) is 26.2 Å². The second kappa shape index (κ2) is 16.5. The van der Waals surface area contributed by atoms with Crippen LogP contribution in [-0.2, 0) is 4.79 Å². The summed E-state index contributed by atoms with van der Waals surface area (Å²) in [6, 6.07) is -0.751. The quantitative estimate of drug-likeness (QED) is 0.164. The number of aliphatic hydroxyl groups is 2. The van der Waals surface area contributed by atoms with Crippen LogP contribution < -0.4 is 40.0 Å². The van der Waals surface area contributed by atoms with Crippen LogP contribution in [0.1, 0.15) is 46.0 Å². The molecule has 6 nitrogen and oxygen atoms in total. The van der Waals surface area contributed by atoms with E-state index >= 15 is 0 Å². The second-order valence-electron chi connectivity index (χ2n) is 6.01. The van der Waals surface area contributed by atoms with Crippen LogP contribution in [0, 0.1) is 0 Å². The topological polar surface area (TPSA) is 95.9 Å². The average molecular weight is 352 g/mol. The summed E-state index contributed by atoms with van der Waals surface area (Å²) < 4.78 is 0. The van der Waals surface area contributed by atoms with Crippen molar-refractivity contribution in [1.82, 2.24) is 10.2 Å². The Kier molecular flexibility index (Phi) is 18.1. The molecule has 0 saturated carbocycles. The Morgan fingerprint density at radius 3 is 2.54 bits per heavy atom. The number of allylic oxidation sites excluding steroid dienone is 1. The molecule has 3 atom stereocenters. The van der Waals surface area contributed by atoms with Crippen molar-refractivity contribution < 1.29 is 49.7 Å². The third kappa shape index (κ3) is 13.4. The van der Waals surface area contributed by atoms with Gasteiger partial charge in [0.2, 0.25) is 0 Å². The van der Waals surface area contributed by atoms with Gasteiger partial charge in [-0.15, -0.1) is 6.58 Å². The summed E-state index contributed by atoms with van der Waals surface area (Å²) >= 11 is 0. The minimum absolute atomic E-state index is 0. The van der Waals surface area contributed by atoms with E-state index in [2.05, 4.69) is 18.8 Å². The fourth-order valence-corrected chi connectivity index (χ4v) is 2.30. The Balaban J connectivity index is 0. The van der Waals surface area contributed by atoms with Gasteiger partial charge in [0.15, 0.2) is 0 Å². The summed E-state index contributed by atoms with van der Waals surface area (Å²) in [6.45, 7) is 9.03. The smallest absolute Gasteiger partial charge is 0.548 e. The predicted molar refractivity (Wildman–Crippen MR) is 89.9 cm³/mol. The number of nitrogens with one attached hydrogen (secondary N) is 1. The molecule has 24 heavy (non-hydrogen) atoms. The van der Waals surface area contributed by atoms with E-state index < -0.39 is 24.2 Å². The molecule has 0 aromatic rings. The van der Waals surface area contributed by atoms with Gasteiger partial charge in [-0.2, -0.15) is 0 Å². The van der Waals surface area contributed by atoms with Crippen molar-refractivity contribution in [1.29, 1.82) is 0 Å². The second-order valence-corrected chi connectivity index (χ2v) is 6.01. The van der Waals surface area contributed by atoms with Crippen molar-refractivity contribution >= 4 is 5.97 Å². The van der Waals surface area contributed by atoms with Gasteiger partial charge in [0.25, 0.3) is 0 Å². The summed E-state index contributed by atoms with van der Waals surface area (Å²) in [5, 5.41) is 33.9. The largest absolute Gasteiger partial charge is 1.00 e. The van der Waals surface area contributed by atoms with Crippen LogP contribution >= 0.6 is 0 Å². The van der Waals surface area contributed by atoms with Crippen molar-refractivity contribution in [3.63, 3.8) is 0 Å². The van der Waals surface area contributed by atoms with Gasteiger partial charge in [-0.05, 0) is 26.2 Å². The third-order valence-electron chi connectivity index (χ3n) is 3.88. The molecule has 0 fully saturated rings. The average Bonchev–Trinajstić information content (AvgIpc) is 2.52. The molecule has 0 saturated heterocycles. The van der Waals surface area contributed by atoms with E-state index in [4.69, 9.17) is 0 Å². The molecule has 0 spiro atoms. The van der Waals surface area contributed by atoms with Gasteiger partial charge in [0.1, 0.15) is 0 Å². The Morgan fingerprint density at radius 2 is 2.00 bits per heavy atom. The number of hydrogen-bond donors (Lipinski definition) is 3. The number of unbranched alkanes of at least 4 members (excludes halogenated alkanes) is 1. The number of nitrogens with zero attached hydrogens (tertiary/aromatic N) is 1. The number of carbonyl (C=O) groups excluding carboxylic acids is 1. The Morgan fingerprint density at radius 1 is 1.33 bits per heavy atom. The first-order chi connectivity index (χ1) is 10.9. The number of aliphatic carboxylic acids is 1. The molecule has 0 aliphatic rings. The number of carboxylic acids is 1. The Hall–Kier alpha value is 0.0500. The number of hydrogen-bond acceptors (Lipinski definition) is 6. The van der Waals surface area contributed by atoms with Gasteiger partial charge in [-0.25, -0.2) is 0 Å². The molecule has 0 aromatic carbocycles. The third-order valence-corrected chi connectivity index (χ3v) is 3.88. The van der Waals surface area contributed by atoms with E-state index in [0.717, 1.165) is 19.3 Å². The summed E-state index contributed by atoms with van der Waals surface area (Å²) in [6.07, 6.45) is 4.81.